The number of ether oxygens (including phenoxy) is 4. The number of carbonyl (C=O) groups excluding carboxylic acids is 5. The summed E-state index contributed by atoms with van der Waals surface area (Å²) in [4.78, 5) is 69.8. The Balaban J connectivity index is 0.725. The molecule has 2 bridgehead atoms. The summed E-state index contributed by atoms with van der Waals surface area (Å²) >= 11 is 0. The normalized spacial score (nSPS) is 19.1. The molecule has 0 aromatic heterocycles. The number of esters is 3. The molecular weight excluding hydrogens is 1090 g/mol. The van der Waals surface area contributed by atoms with Crippen LogP contribution in [0.2, 0.25) is 0 Å². The van der Waals surface area contributed by atoms with Crippen molar-refractivity contribution in [3.05, 3.63) is 303 Å². The SMILES string of the molecule is COc1ccc(C2(c3ccc(OC(=O)c4cccc(C(=O)Oc5ccc(C(C)(C)c6ccc(OC(=O)c7cccc(C(C)=O)c7)cc6)cc5)c4)cc3)c3ccccc3C(=O)N2CC2CC3CC2C2=C(c4ccccc4)NN=C(c4ccccc4)C23)cc1. The van der Waals surface area contributed by atoms with E-state index in [1.54, 1.807) is 79.9 Å². The fraction of sp³-hybridized carbons (Fsp3) is 0.173. The predicted molar refractivity (Wildman–Crippen MR) is 332 cm³/mol. The number of Topliss-reactive ketones (excluding diaryl/α,β-unsaturated/α-hetero) is 1. The fourth-order valence-electron chi connectivity index (χ4n) is 13.6. The maximum absolute atomic E-state index is 15.3. The van der Waals surface area contributed by atoms with E-state index in [2.05, 4.69) is 72.7 Å². The van der Waals surface area contributed by atoms with Crippen LogP contribution in [0.1, 0.15) is 124 Å². The molecule has 430 valence electrons. The molecule has 0 saturated heterocycles. The van der Waals surface area contributed by atoms with E-state index in [9.17, 15) is 19.2 Å². The number of hydrazone groups is 1. The summed E-state index contributed by atoms with van der Waals surface area (Å²) in [5, 5.41) is 5.07. The van der Waals surface area contributed by atoms with E-state index in [-0.39, 0.29) is 51.9 Å². The summed E-state index contributed by atoms with van der Waals surface area (Å²) in [6.45, 7) is 6.05. The fourth-order valence-corrected chi connectivity index (χ4v) is 13.6. The van der Waals surface area contributed by atoms with Gasteiger partial charge in [-0.2, -0.15) is 5.10 Å². The zero-order valence-electron chi connectivity index (χ0n) is 48.4. The average molecular weight is 1150 g/mol. The lowest BCUT2D eigenvalue weighted by Gasteiger charge is -2.44. The molecule has 5 unspecified atom stereocenters. The number of ketones is 1. The van der Waals surface area contributed by atoms with E-state index >= 15 is 4.79 Å². The highest BCUT2D eigenvalue weighted by atomic mass is 16.5. The van der Waals surface area contributed by atoms with Gasteiger partial charge in [-0.3, -0.25) is 15.0 Å². The van der Waals surface area contributed by atoms with Crippen molar-refractivity contribution in [2.75, 3.05) is 13.7 Å². The number of nitrogens with zero attached hydrogens (tertiary/aromatic N) is 2. The summed E-state index contributed by atoms with van der Waals surface area (Å²) in [6, 6.07) is 71.2. The van der Waals surface area contributed by atoms with Crippen molar-refractivity contribution in [3.8, 4) is 23.0 Å². The summed E-state index contributed by atoms with van der Waals surface area (Å²) in [5.74, 6) is 0.345. The van der Waals surface area contributed by atoms with Crippen molar-refractivity contribution in [2.24, 2.45) is 28.8 Å². The number of nitrogens with one attached hydrogen (secondary N) is 1. The maximum atomic E-state index is 15.3. The van der Waals surface area contributed by atoms with Gasteiger partial charge in [0.2, 0.25) is 0 Å². The molecule has 0 radical (unpaired) electrons. The lowest BCUT2D eigenvalue weighted by Crippen LogP contribution is -2.49. The van der Waals surface area contributed by atoms with Crippen molar-refractivity contribution >= 4 is 41.0 Å². The van der Waals surface area contributed by atoms with Gasteiger partial charge in [0.15, 0.2) is 5.78 Å². The highest BCUT2D eigenvalue weighted by molar-refractivity contribution is 6.07. The Morgan fingerprint density at radius 2 is 1.02 bits per heavy atom. The minimum Gasteiger partial charge on any atom is -0.497 e. The van der Waals surface area contributed by atoms with Crippen LogP contribution in [-0.2, 0) is 11.0 Å². The zero-order chi connectivity index (χ0) is 60.0. The van der Waals surface area contributed by atoms with Crippen LogP contribution in [0.5, 0.6) is 23.0 Å². The molecule has 1 amide bonds. The van der Waals surface area contributed by atoms with Crippen LogP contribution in [-0.4, -0.2) is 53.9 Å². The Kier molecular flexibility index (Phi) is 14.6. The van der Waals surface area contributed by atoms with Crippen LogP contribution in [0.4, 0.5) is 0 Å². The molecule has 0 spiro atoms. The van der Waals surface area contributed by atoms with Gasteiger partial charge in [0, 0.05) is 29.0 Å². The second-order valence-corrected chi connectivity index (χ2v) is 23.2. The van der Waals surface area contributed by atoms with E-state index in [4.69, 9.17) is 24.0 Å². The standard InChI is InChI=1S/C75H61N3O9/c1-46(79)49-19-13-20-50(41-49)71(81)85-60-35-25-55(26-36-60)74(2,3)56-27-37-61(38-28-56)86-72(82)51-21-14-22-52(42-51)73(83)87-62-39-31-58(32-40-62)75(57-29-33-59(84-4)34-30-57)65-24-12-11-23-63(65)70(80)78(75)45-54-43-53-44-64(54)67-66(53)68(47-15-7-5-8-16-47)76-77-69(67)48-17-9-6-10-18-48/h5-42,53-54,64,66,77H,43-45H2,1-4H3. The molecular formula is C75H61N3O9. The topological polar surface area (TPSA) is 150 Å². The largest absolute Gasteiger partial charge is 0.497 e. The van der Waals surface area contributed by atoms with Crippen LogP contribution in [0.15, 0.2) is 241 Å². The second-order valence-electron chi connectivity index (χ2n) is 23.2. The molecule has 1 N–H and O–H groups in total. The van der Waals surface area contributed by atoms with Crippen molar-refractivity contribution < 1.29 is 42.9 Å². The number of hydrogen-bond donors (Lipinski definition) is 1. The van der Waals surface area contributed by atoms with Crippen molar-refractivity contribution in [3.63, 3.8) is 0 Å². The smallest absolute Gasteiger partial charge is 0.343 e. The molecule has 9 aromatic rings. The van der Waals surface area contributed by atoms with Gasteiger partial charge >= 0.3 is 17.9 Å². The number of allylic oxidation sites excluding steroid dienone is 1. The first-order chi connectivity index (χ1) is 42.3. The number of methoxy groups -OCH3 is 1. The third-order valence-electron chi connectivity index (χ3n) is 18.0. The van der Waals surface area contributed by atoms with Gasteiger partial charge in [0.25, 0.3) is 5.91 Å². The van der Waals surface area contributed by atoms with Gasteiger partial charge < -0.3 is 23.8 Å². The third-order valence-corrected chi connectivity index (χ3v) is 18.0. The van der Waals surface area contributed by atoms with Crippen LogP contribution < -0.4 is 24.4 Å². The third kappa shape index (κ3) is 10.3. The van der Waals surface area contributed by atoms with E-state index in [0.29, 0.717) is 40.8 Å². The van der Waals surface area contributed by atoms with E-state index in [1.807, 2.05) is 97.1 Å². The minimum absolute atomic E-state index is 0.0562. The highest BCUT2D eigenvalue weighted by Gasteiger charge is 2.58. The molecule has 2 aliphatic carbocycles. The Bertz CT molecular complexity index is 4220. The van der Waals surface area contributed by atoms with Crippen molar-refractivity contribution in [1.82, 2.24) is 10.3 Å². The van der Waals surface area contributed by atoms with Gasteiger partial charge in [-0.1, -0.05) is 159 Å². The lowest BCUT2D eigenvalue weighted by atomic mass is 9.71. The van der Waals surface area contributed by atoms with E-state index in [0.717, 1.165) is 63.2 Å². The summed E-state index contributed by atoms with van der Waals surface area (Å²) in [5.41, 5.74) is 13.7. The monoisotopic (exact) mass is 1150 g/mol. The Hall–Kier alpha value is -10.5. The molecule has 2 aliphatic heterocycles. The van der Waals surface area contributed by atoms with Crippen LogP contribution >= 0.6 is 0 Å². The summed E-state index contributed by atoms with van der Waals surface area (Å²) < 4.78 is 23.1. The van der Waals surface area contributed by atoms with Crippen LogP contribution in [0, 0.1) is 23.7 Å². The minimum atomic E-state index is -1.08. The number of fused-ring (bicyclic) bond motifs is 6. The number of benzene rings is 9. The first-order valence-corrected chi connectivity index (χ1v) is 29.2. The van der Waals surface area contributed by atoms with Gasteiger partial charge in [-0.25, -0.2) is 14.4 Å². The Labute approximate surface area is 504 Å². The molecule has 4 aliphatic rings. The molecule has 12 heteroatoms. The zero-order valence-corrected chi connectivity index (χ0v) is 48.4. The molecule has 9 aromatic carbocycles. The number of carbonyl (C=O) groups is 5. The molecule has 2 saturated carbocycles. The summed E-state index contributed by atoms with van der Waals surface area (Å²) in [7, 11) is 1.64. The Morgan fingerprint density at radius 3 is 1.55 bits per heavy atom. The predicted octanol–water partition coefficient (Wildman–Crippen LogP) is 14.3. The number of rotatable bonds is 16. The van der Waals surface area contributed by atoms with Crippen molar-refractivity contribution in [2.45, 2.75) is 44.6 Å². The quantitative estimate of drug-likeness (QED) is 0.0563. The van der Waals surface area contributed by atoms with Gasteiger partial charge in [-0.05, 0) is 167 Å². The average Bonchev–Trinajstić information content (AvgIpc) is 1.58. The first kappa shape index (κ1) is 55.7. The van der Waals surface area contributed by atoms with Crippen LogP contribution in [0.3, 0.4) is 0 Å². The second kappa shape index (κ2) is 22.8. The first-order valence-electron chi connectivity index (χ1n) is 29.2. The lowest BCUT2D eigenvalue weighted by molar-refractivity contribution is 0.0613. The number of amides is 1. The summed E-state index contributed by atoms with van der Waals surface area (Å²) in [6.07, 6.45) is 1.91. The number of hydrogen-bond acceptors (Lipinski definition) is 11. The van der Waals surface area contributed by atoms with Gasteiger partial charge in [0.1, 0.15) is 28.5 Å². The molecule has 5 atom stereocenters. The molecule has 13 rings (SSSR count). The molecule has 87 heavy (non-hydrogen) atoms. The maximum Gasteiger partial charge on any atom is 0.343 e. The van der Waals surface area contributed by atoms with E-state index in [1.165, 1.54) is 24.6 Å². The molecule has 2 fully saturated rings. The van der Waals surface area contributed by atoms with E-state index < -0.39 is 28.9 Å². The molecule has 2 heterocycles. The molecule has 12 nitrogen and oxygen atoms in total. The van der Waals surface area contributed by atoms with Gasteiger partial charge in [0.05, 0.1) is 35.2 Å². The highest BCUT2D eigenvalue weighted by Crippen LogP contribution is 2.60. The van der Waals surface area contributed by atoms with Gasteiger partial charge in [-0.15, -0.1) is 0 Å². The van der Waals surface area contributed by atoms with Crippen LogP contribution in [0.25, 0.3) is 5.70 Å². The Morgan fingerprint density at radius 1 is 0.552 bits per heavy atom. The van der Waals surface area contributed by atoms with Crippen molar-refractivity contribution in [1.29, 1.82) is 0 Å².